The number of fused-ring (bicyclic) bond motifs is 1. The predicted octanol–water partition coefficient (Wildman–Crippen LogP) is 3.31. The van der Waals surface area contributed by atoms with E-state index in [9.17, 15) is 9.59 Å². The number of benzene rings is 1. The van der Waals surface area contributed by atoms with E-state index in [2.05, 4.69) is 45.9 Å². The van der Waals surface area contributed by atoms with Crippen molar-refractivity contribution in [3.8, 4) is 5.69 Å². The summed E-state index contributed by atoms with van der Waals surface area (Å²) in [5.74, 6) is 0.378. The Morgan fingerprint density at radius 1 is 1.05 bits per heavy atom. The molecule has 4 aromatic rings. The molecule has 0 unspecified atom stereocenters. The Hall–Kier alpha value is -4.18. The van der Waals surface area contributed by atoms with Crippen LogP contribution in [0.5, 0.6) is 0 Å². The molecule has 10 nitrogen and oxygen atoms in total. The van der Waals surface area contributed by atoms with Crippen molar-refractivity contribution in [3.05, 3.63) is 81.7 Å². The first kappa shape index (κ1) is 25.5. The van der Waals surface area contributed by atoms with Crippen LogP contribution in [0.4, 0.5) is 17.3 Å². The molecule has 5 rings (SSSR count). The number of nitrogens with one attached hydrogen (secondary N) is 1. The van der Waals surface area contributed by atoms with Crippen molar-refractivity contribution in [3.63, 3.8) is 0 Å². The summed E-state index contributed by atoms with van der Waals surface area (Å²) in [5, 5.41) is 3.67. The molecule has 4 heterocycles. The van der Waals surface area contributed by atoms with E-state index in [0.29, 0.717) is 28.2 Å². The van der Waals surface area contributed by atoms with E-state index in [1.165, 1.54) is 5.69 Å². The fourth-order valence-electron chi connectivity index (χ4n) is 4.81. The van der Waals surface area contributed by atoms with Crippen LogP contribution in [-0.4, -0.2) is 62.0 Å². The van der Waals surface area contributed by atoms with Crippen molar-refractivity contribution in [2.24, 2.45) is 0 Å². The van der Waals surface area contributed by atoms with E-state index in [1.807, 2.05) is 26.0 Å². The number of pyridine rings is 1. The molecule has 0 spiro atoms. The summed E-state index contributed by atoms with van der Waals surface area (Å²) >= 11 is 0. The number of piperazine rings is 1. The third-order valence-corrected chi connectivity index (χ3v) is 6.98. The average Bonchev–Trinajstić information content (AvgIpc) is 3.17. The Bertz CT molecular complexity index is 1590. The summed E-state index contributed by atoms with van der Waals surface area (Å²) in [5.41, 5.74) is 3.47. The summed E-state index contributed by atoms with van der Waals surface area (Å²) in [6.45, 7) is 13.9. The second-order valence-corrected chi connectivity index (χ2v) is 10.1. The number of anilines is 3. The maximum Gasteiger partial charge on any atom is 0.278 e. The molecular weight excluding hydrogens is 480 g/mol. The standard InChI is InChI=1S/C28H34N8O2/c1-6-11-35-27(38)24-17-29-28(30-21-7-9-22(10-8-21)33-14-12-32(5)13-15-33)31-25(24)36(35)23-16-20(4)26(37)34(18-23)19(2)3/h6-10,16-19H,1,11-15H2,2-5H3,(H,29,30,31). The Labute approximate surface area is 221 Å². The van der Waals surface area contributed by atoms with Crippen LogP contribution in [0.3, 0.4) is 0 Å². The van der Waals surface area contributed by atoms with E-state index in [0.717, 1.165) is 31.9 Å². The first-order chi connectivity index (χ1) is 18.3. The Morgan fingerprint density at radius 3 is 2.42 bits per heavy atom. The van der Waals surface area contributed by atoms with Crippen LogP contribution in [0.15, 0.2) is 65.0 Å². The van der Waals surface area contributed by atoms with Gasteiger partial charge in [-0.05, 0) is 58.2 Å². The van der Waals surface area contributed by atoms with Gasteiger partial charge in [-0.25, -0.2) is 14.3 Å². The molecule has 1 fully saturated rings. The van der Waals surface area contributed by atoms with Gasteiger partial charge >= 0.3 is 0 Å². The third kappa shape index (κ3) is 4.74. The van der Waals surface area contributed by atoms with Crippen molar-refractivity contribution in [2.75, 3.05) is 43.4 Å². The van der Waals surface area contributed by atoms with Crippen molar-refractivity contribution in [1.82, 2.24) is 28.8 Å². The quantitative estimate of drug-likeness (QED) is 0.378. The third-order valence-electron chi connectivity index (χ3n) is 6.98. The van der Waals surface area contributed by atoms with Crippen LogP contribution in [0.1, 0.15) is 25.5 Å². The normalized spacial score (nSPS) is 14.4. The minimum atomic E-state index is -0.220. The first-order valence-electron chi connectivity index (χ1n) is 12.9. The molecule has 1 aliphatic rings. The van der Waals surface area contributed by atoms with Crippen LogP contribution >= 0.6 is 0 Å². The van der Waals surface area contributed by atoms with Crippen LogP contribution in [0.2, 0.25) is 0 Å². The number of rotatable bonds is 7. The van der Waals surface area contributed by atoms with E-state index in [-0.39, 0.29) is 23.7 Å². The molecule has 10 heteroatoms. The molecular formula is C28H34N8O2. The SMILES string of the molecule is C=CCn1c(=O)c2cnc(Nc3ccc(N4CCN(C)CC4)cc3)nc2n1-c1cc(C)c(=O)n(C(C)C)c1. The molecule has 1 saturated heterocycles. The highest BCUT2D eigenvalue weighted by Crippen LogP contribution is 2.23. The predicted molar refractivity (Wildman–Crippen MR) is 152 cm³/mol. The molecule has 198 valence electrons. The van der Waals surface area contributed by atoms with Crippen LogP contribution in [-0.2, 0) is 6.54 Å². The summed E-state index contributed by atoms with van der Waals surface area (Å²) in [6, 6.07) is 9.97. The average molecular weight is 515 g/mol. The van der Waals surface area contributed by atoms with Crippen molar-refractivity contribution in [1.29, 1.82) is 0 Å². The largest absolute Gasteiger partial charge is 0.369 e. The molecule has 0 aliphatic carbocycles. The minimum Gasteiger partial charge on any atom is -0.369 e. The van der Waals surface area contributed by atoms with Crippen molar-refractivity contribution < 1.29 is 0 Å². The van der Waals surface area contributed by atoms with Gasteiger partial charge in [-0.3, -0.25) is 9.59 Å². The number of aryl methyl sites for hydroxylation is 1. The zero-order chi connectivity index (χ0) is 27.0. The molecule has 0 amide bonds. The lowest BCUT2D eigenvalue weighted by atomic mass is 10.2. The highest BCUT2D eigenvalue weighted by molar-refractivity contribution is 5.77. The smallest absolute Gasteiger partial charge is 0.278 e. The summed E-state index contributed by atoms with van der Waals surface area (Å²) in [7, 11) is 2.15. The van der Waals surface area contributed by atoms with E-state index < -0.39 is 0 Å². The highest BCUT2D eigenvalue weighted by Gasteiger charge is 2.19. The number of hydrogen-bond donors (Lipinski definition) is 1. The van der Waals surface area contributed by atoms with Gasteiger partial charge in [0, 0.05) is 61.6 Å². The first-order valence-corrected chi connectivity index (χ1v) is 12.9. The molecule has 1 aromatic carbocycles. The number of aromatic nitrogens is 5. The van der Waals surface area contributed by atoms with Crippen LogP contribution in [0.25, 0.3) is 16.7 Å². The molecule has 0 bridgehead atoms. The van der Waals surface area contributed by atoms with Crippen molar-refractivity contribution >= 4 is 28.4 Å². The molecule has 0 saturated carbocycles. The second kappa shape index (κ2) is 10.3. The molecule has 0 radical (unpaired) electrons. The van der Waals surface area contributed by atoms with Crippen LogP contribution < -0.4 is 21.3 Å². The van der Waals surface area contributed by atoms with Crippen molar-refractivity contribution in [2.45, 2.75) is 33.4 Å². The molecule has 1 aliphatic heterocycles. The lowest BCUT2D eigenvalue weighted by molar-refractivity contribution is 0.313. The Morgan fingerprint density at radius 2 is 1.76 bits per heavy atom. The van der Waals surface area contributed by atoms with Gasteiger partial charge in [-0.15, -0.1) is 6.58 Å². The minimum absolute atomic E-state index is 0.0387. The number of hydrogen-bond acceptors (Lipinski definition) is 7. The zero-order valence-electron chi connectivity index (χ0n) is 22.4. The number of nitrogens with zero attached hydrogens (tertiary/aromatic N) is 7. The van der Waals surface area contributed by atoms with Gasteiger partial charge in [-0.2, -0.15) is 4.98 Å². The maximum absolute atomic E-state index is 13.3. The lowest BCUT2D eigenvalue weighted by Crippen LogP contribution is -2.44. The molecule has 0 atom stereocenters. The van der Waals surface area contributed by atoms with Gasteiger partial charge in [0.15, 0.2) is 5.65 Å². The maximum atomic E-state index is 13.3. The van der Waals surface area contributed by atoms with Crippen LogP contribution in [0, 0.1) is 6.92 Å². The van der Waals surface area contributed by atoms with Gasteiger partial charge in [0.1, 0.15) is 5.39 Å². The summed E-state index contributed by atoms with van der Waals surface area (Å²) in [4.78, 5) is 39.9. The Balaban J connectivity index is 1.53. The fraction of sp³-hybridized carbons (Fsp3) is 0.357. The summed E-state index contributed by atoms with van der Waals surface area (Å²) in [6.07, 6.45) is 4.98. The van der Waals surface area contributed by atoms with Gasteiger partial charge < -0.3 is 19.7 Å². The molecule has 3 aromatic heterocycles. The van der Waals surface area contributed by atoms with Gasteiger partial charge in [0.25, 0.3) is 11.1 Å². The monoisotopic (exact) mass is 514 g/mol. The topological polar surface area (TPSA) is 93.2 Å². The van der Waals surface area contributed by atoms with E-state index in [1.54, 1.807) is 45.4 Å². The number of allylic oxidation sites excluding steroid dienone is 1. The lowest BCUT2D eigenvalue weighted by Gasteiger charge is -2.34. The zero-order valence-corrected chi connectivity index (χ0v) is 22.4. The molecule has 38 heavy (non-hydrogen) atoms. The highest BCUT2D eigenvalue weighted by atomic mass is 16.1. The number of likely N-dealkylation sites (N-methyl/N-ethyl adjacent to an activating group) is 1. The second-order valence-electron chi connectivity index (χ2n) is 10.1. The van der Waals surface area contributed by atoms with Gasteiger partial charge in [0.05, 0.1) is 12.2 Å². The summed E-state index contributed by atoms with van der Waals surface area (Å²) < 4.78 is 4.97. The molecule has 1 N–H and O–H groups in total. The fourth-order valence-corrected chi connectivity index (χ4v) is 4.81. The van der Waals surface area contributed by atoms with E-state index in [4.69, 9.17) is 4.98 Å². The van der Waals surface area contributed by atoms with Gasteiger partial charge in [0.2, 0.25) is 5.95 Å². The van der Waals surface area contributed by atoms with E-state index >= 15 is 0 Å². The van der Waals surface area contributed by atoms with Gasteiger partial charge in [-0.1, -0.05) is 6.08 Å². The Kier molecular flexibility index (Phi) is 6.90.